The van der Waals surface area contributed by atoms with Crippen molar-refractivity contribution in [1.29, 1.82) is 0 Å². The van der Waals surface area contributed by atoms with Crippen LogP contribution in [0, 0.1) is 11.8 Å². The molecule has 0 heterocycles. The molecule has 1 rings (SSSR count). The standard InChI is InChI=1S/C12H20O6/c13-7-17-11(15)6-10(12(16)18-8-14)9-4-2-1-3-5-9/h9-10,13-14H,1-8H2. The Hall–Kier alpha value is -1.14. The Morgan fingerprint density at radius 3 is 2.22 bits per heavy atom. The second-order valence-corrected chi connectivity index (χ2v) is 4.45. The molecule has 0 aromatic heterocycles. The fourth-order valence-electron chi connectivity index (χ4n) is 2.46. The van der Waals surface area contributed by atoms with Gasteiger partial charge in [-0.2, -0.15) is 0 Å². The van der Waals surface area contributed by atoms with Crippen molar-refractivity contribution in [3.05, 3.63) is 0 Å². The van der Waals surface area contributed by atoms with E-state index in [0.29, 0.717) is 0 Å². The van der Waals surface area contributed by atoms with Gasteiger partial charge in [0.2, 0.25) is 0 Å². The number of aliphatic hydroxyl groups excluding tert-OH is 2. The molecule has 0 aliphatic heterocycles. The van der Waals surface area contributed by atoms with E-state index >= 15 is 0 Å². The maximum atomic E-state index is 11.7. The third-order valence-corrected chi connectivity index (χ3v) is 3.34. The van der Waals surface area contributed by atoms with Gasteiger partial charge in [-0.05, 0) is 18.8 Å². The quantitative estimate of drug-likeness (QED) is 0.535. The minimum atomic E-state index is -0.689. The summed E-state index contributed by atoms with van der Waals surface area (Å²) in [4.78, 5) is 23.1. The molecular weight excluding hydrogens is 240 g/mol. The van der Waals surface area contributed by atoms with E-state index in [1.165, 1.54) is 0 Å². The maximum absolute atomic E-state index is 11.7. The molecule has 0 spiro atoms. The molecule has 1 unspecified atom stereocenters. The summed E-state index contributed by atoms with van der Waals surface area (Å²) in [6.07, 6.45) is 4.84. The van der Waals surface area contributed by atoms with Crippen LogP contribution in [0.25, 0.3) is 0 Å². The summed E-state index contributed by atoms with van der Waals surface area (Å²) < 4.78 is 9.02. The van der Waals surface area contributed by atoms with Crippen LogP contribution in [0.2, 0.25) is 0 Å². The van der Waals surface area contributed by atoms with Crippen molar-refractivity contribution in [3.8, 4) is 0 Å². The minimum absolute atomic E-state index is 0.0871. The van der Waals surface area contributed by atoms with Crippen LogP contribution in [0.4, 0.5) is 0 Å². The first-order valence-corrected chi connectivity index (χ1v) is 6.23. The number of esters is 2. The lowest BCUT2D eigenvalue weighted by Crippen LogP contribution is -2.30. The lowest BCUT2D eigenvalue weighted by molar-refractivity contribution is -0.166. The van der Waals surface area contributed by atoms with Gasteiger partial charge in [-0.15, -0.1) is 0 Å². The van der Waals surface area contributed by atoms with Crippen LogP contribution >= 0.6 is 0 Å². The topological polar surface area (TPSA) is 93.1 Å². The second-order valence-electron chi connectivity index (χ2n) is 4.45. The van der Waals surface area contributed by atoms with Crippen molar-refractivity contribution >= 4 is 11.9 Å². The number of aliphatic hydroxyl groups is 2. The molecule has 6 heteroatoms. The SMILES string of the molecule is O=C(CC(C(=O)OCO)C1CCCCC1)OCO. The summed E-state index contributed by atoms with van der Waals surface area (Å²) in [7, 11) is 0. The first kappa shape index (κ1) is 14.9. The van der Waals surface area contributed by atoms with E-state index < -0.39 is 31.4 Å². The normalized spacial score (nSPS) is 18.1. The van der Waals surface area contributed by atoms with Crippen LogP contribution in [0.5, 0.6) is 0 Å². The smallest absolute Gasteiger partial charge is 0.311 e. The van der Waals surface area contributed by atoms with Crippen LogP contribution in [0.1, 0.15) is 38.5 Å². The van der Waals surface area contributed by atoms with Crippen molar-refractivity contribution in [1.82, 2.24) is 0 Å². The lowest BCUT2D eigenvalue weighted by atomic mass is 9.78. The molecule has 0 aromatic rings. The second kappa shape index (κ2) is 8.05. The van der Waals surface area contributed by atoms with Gasteiger partial charge in [0.25, 0.3) is 0 Å². The van der Waals surface area contributed by atoms with Crippen molar-refractivity contribution in [2.24, 2.45) is 11.8 Å². The van der Waals surface area contributed by atoms with Crippen LogP contribution in [0.15, 0.2) is 0 Å². The van der Waals surface area contributed by atoms with Crippen molar-refractivity contribution in [2.75, 3.05) is 13.6 Å². The van der Waals surface area contributed by atoms with Crippen molar-refractivity contribution in [3.63, 3.8) is 0 Å². The molecule has 2 N–H and O–H groups in total. The number of ether oxygens (including phenoxy) is 2. The molecule has 0 saturated heterocycles. The average molecular weight is 260 g/mol. The summed E-state index contributed by atoms with van der Waals surface area (Å²) in [6.45, 7) is -1.37. The van der Waals surface area contributed by atoms with E-state index in [1.54, 1.807) is 0 Å². The molecule has 6 nitrogen and oxygen atoms in total. The molecular formula is C12H20O6. The Labute approximate surface area is 106 Å². The van der Waals surface area contributed by atoms with Crippen molar-refractivity contribution < 1.29 is 29.3 Å². The number of carbonyl (C=O) groups is 2. The van der Waals surface area contributed by atoms with Crippen LogP contribution in [-0.2, 0) is 19.1 Å². The van der Waals surface area contributed by atoms with Gasteiger partial charge in [0.05, 0.1) is 12.3 Å². The van der Waals surface area contributed by atoms with E-state index in [9.17, 15) is 9.59 Å². The average Bonchev–Trinajstić information content (AvgIpc) is 2.37. The molecule has 1 saturated carbocycles. The number of carbonyl (C=O) groups excluding carboxylic acids is 2. The van der Waals surface area contributed by atoms with E-state index in [4.69, 9.17) is 10.2 Å². The highest BCUT2D eigenvalue weighted by atomic mass is 16.6. The Bertz CT molecular complexity index is 272. The van der Waals surface area contributed by atoms with Crippen LogP contribution < -0.4 is 0 Å². The molecule has 1 fully saturated rings. The first-order chi connectivity index (χ1) is 8.69. The van der Waals surface area contributed by atoms with E-state index in [1.807, 2.05) is 0 Å². The minimum Gasteiger partial charge on any atom is -0.439 e. The zero-order valence-electron chi connectivity index (χ0n) is 10.3. The molecule has 0 radical (unpaired) electrons. The van der Waals surface area contributed by atoms with Gasteiger partial charge >= 0.3 is 11.9 Å². The third-order valence-electron chi connectivity index (χ3n) is 3.34. The Morgan fingerprint density at radius 2 is 1.67 bits per heavy atom. The highest BCUT2D eigenvalue weighted by Crippen LogP contribution is 2.32. The molecule has 0 aromatic carbocycles. The van der Waals surface area contributed by atoms with Gasteiger partial charge in [0, 0.05) is 0 Å². The summed E-state index contributed by atoms with van der Waals surface area (Å²) in [6, 6.07) is 0. The van der Waals surface area contributed by atoms with Crippen LogP contribution in [0.3, 0.4) is 0 Å². The van der Waals surface area contributed by atoms with Gasteiger partial charge in [0.1, 0.15) is 0 Å². The van der Waals surface area contributed by atoms with E-state index in [2.05, 4.69) is 9.47 Å². The molecule has 1 atom stereocenters. The molecule has 18 heavy (non-hydrogen) atoms. The predicted molar refractivity (Wildman–Crippen MR) is 61.0 cm³/mol. The van der Waals surface area contributed by atoms with E-state index in [0.717, 1.165) is 32.1 Å². The Morgan fingerprint density at radius 1 is 1.06 bits per heavy atom. The van der Waals surface area contributed by atoms with Gasteiger partial charge < -0.3 is 19.7 Å². The third kappa shape index (κ3) is 4.62. The zero-order chi connectivity index (χ0) is 13.4. The predicted octanol–water partition coefficient (Wildman–Crippen LogP) is 0.559. The molecule has 1 aliphatic rings. The van der Waals surface area contributed by atoms with Gasteiger partial charge in [0.15, 0.2) is 13.6 Å². The Kier molecular flexibility index (Phi) is 6.67. The maximum Gasteiger partial charge on any atom is 0.311 e. The van der Waals surface area contributed by atoms with Crippen molar-refractivity contribution in [2.45, 2.75) is 38.5 Å². The lowest BCUT2D eigenvalue weighted by Gasteiger charge is -2.27. The van der Waals surface area contributed by atoms with Crippen LogP contribution in [-0.4, -0.2) is 35.7 Å². The summed E-state index contributed by atoms with van der Waals surface area (Å²) in [5.41, 5.74) is 0. The van der Waals surface area contributed by atoms with Gasteiger partial charge in [-0.1, -0.05) is 19.3 Å². The summed E-state index contributed by atoms with van der Waals surface area (Å²) >= 11 is 0. The largest absolute Gasteiger partial charge is 0.439 e. The number of rotatable bonds is 6. The number of hydrogen-bond acceptors (Lipinski definition) is 6. The molecule has 104 valence electrons. The zero-order valence-corrected chi connectivity index (χ0v) is 10.3. The highest BCUT2D eigenvalue weighted by Gasteiger charge is 2.33. The fourth-order valence-corrected chi connectivity index (χ4v) is 2.46. The fraction of sp³-hybridized carbons (Fsp3) is 0.833. The summed E-state index contributed by atoms with van der Waals surface area (Å²) in [5, 5.41) is 17.1. The Balaban J connectivity index is 2.61. The van der Waals surface area contributed by atoms with Gasteiger partial charge in [-0.25, -0.2) is 0 Å². The van der Waals surface area contributed by atoms with E-state index in [-0.39, 0.29) is 12.3 Å². The highest BCUT2D eigenvalue weighted by molar-refractivity contribution is 5.80. The molecule has 0 bridgehead atoms. The van der Waals surface area contributed by atoms with Gasteiger partial charge in [-0.3, -0.25) is 9.59 Å². The summed E-state index contributed by atoms with van der Waals surface area (Å²) in [5.74, 6) is -1.69. The first-order valence-electron chi connectivity index (χ1n) is 6.23. The number of hydrogen-bond donors (Lipinski definition) is 2. The molecule has 0 amide bonds. The molecule has 1 aliphatic carbocycles. The monoisotopic (exact) mass is 260 g/mol.